The molecule has 0 spiro atoms. The minimum Gasteiger partial charge on any atom is -0.334 e. The molecule has 1 rings (SSSR count). The van der Waals surface area contributed by atoms with Crippen molar-refractivity contribution in [2.75, 3.05) is 0 Å². The number of aryl methyl sites for hydroxylation is 1. The van der Waals surface area contributed by atoms with Crippen LogP contribution in [0.2, 0.25) is 19.6 Å². The van der Waals surface area contributed by atoms with Crippen LogP contribution < -0.4 is 4.98 Å². The molecule has 0 saturated carbocycles. The van der Waals surface area contributed by atoms with Crippen LogP contribution in [-0.4, -0.2) is 8.24 Å². The van der Waals surface area contributed by atoms with E-state index >= 15 is 0 Å². The first kappa shape index (κ1) is 10.5. The summed E-state index contributed by atoms with van der Waals surface area (Å²) in [4.78, 5) is 3.62. The predicted octanol–water partition coefficient (Wildman–Crippen LogP) is 2.92. The Hall–Kier alpha value is -0.603. The molecule has 0 atom stereocenters. The van der Waals surface area contributed by atoms with Gasteiger partial charge in [-0.15, -0.1) is 0 Å². The van der Waals surface area contributed by atoms with Crippen LogP contribution in [0.3, 0.4) is 0 Å². The van der Waals surface area contributed by atoms with Gasteiger partial charge in [0, 0.05) is 6.54 Å². The van der Waals surface area contributed by atoms with Crippen LogP contribution in [0.4, 0.5) is 0 Å². The van der Waals surface area contributed by atoms with Crippen molar-refractivity contribution >= 4 is 8.24 Å². The van der Waals surface area contributed by atoms with Gasteiger partial charge in [-0.2, -0.15) is 0 Å². The maximum absolute atomic E-state index is 3.62. The molecular weight excluding hydrogens is 174 g/mol. The minimum absolute atomic E-state index is 1.02. The molecule has 2 heteroatoms. The van der Waals surface area contributed by atoms with Crippen molar-refractivity contribution in [2.24, 2.45) is 0 Å². The molecule has 1 aromatic rings. The van der Waals surface area contributed by atoms with E-state index in [2.05, 4.69) is 55.8 Å². The fraction of sp³-hybridized carbons (Fsp3) is 0.455. The molecule has 0 amide bonds. The highest BCUT2D eigenvalue weighted by molar-refractivity contribution is 6.73. The largest absolute Gasteiger partial charge is 0.334 e. The standard InChI is InChI=1S/C11H19NSi/c1-10-7-5-6-8-11(10)9-12-13(2,3)4/h5-8,12H,9H2,1-4H3. The zero-order chi connectivity index (χ0) is 9.90. The number of nitrogens with one attached hydrogen (secondary N) is 1. The minimum atomic E-state index is -1.11. The van der Waals surface area contributed by atoms with E-state index in [1.165, 1.54) is 11.1 Å². The number of hydrogen-bond donors (Lipinski definition) is 1. The number of benzene rings is 1. The lowest BCUT2D eigenvalue weighted by Gasteiger charge is -2.18. The fourth-order valence-corrected chi connectivity index (χ4v) is 1.89. The van der Waals surface area contributed by atoms with Crippen molar-refractivity contribution in [3.05, 3.63) is 35.4 Å². The van der Waals surface area contributed by atoms with Crippen LogP contribution in [0.15, 0.2) is 24.3 Å². The van der Waals surface area contributed by atoms with E-state index < -0.39 is 8.24 Å². The van der Waals surface area contributed by atoms with Gasteiger partial charge in [0.05, 0.1) is 0 Å². The molecule has 0 aliphatic carbocycles. The van der Waals surface area contributed by atoms with Gasteiger partial charge in [0.2, 0.25) is 0 Å². The van der Waals surface area contributed by atoms with Crippen molar-refractivity contribution in [1.82, 2.24) is 4.98 Å². The predicted molar refractivity (Wildman–Crippen MR) is 61.4 cm³/mol. The highest BCUT2D eigenvalue weighted by atomic mass is 28.3. The van der Waals surface area contributed by atoms with Crippen LogP contribution in [-0.2, 0) is 6.54 Å². The summed E-state index contributed by atoms with van der Waals surface area (Å²) in [5.74, 6) is 0. The van der Waals surface area contributed by atoms with Crippen LogP contribution >= 0.6 is 0 Å². The third-order valence-corrected chi connectivity index (χ3v) is 3.31. The molecule has 1 nitrogen and oxygen atoms in total. The second-order valence-electron chi connectivity index (χ2n) is 4.53. The molecule has 13 heavy (non-hydrogen) atoms. The molecular formula is C11H19NSi. The van der Waals surface area contributed by atoms with Gasteiger partial charge >= 0.3 is 0 Å². The van der Waals surface area contributed by atoms with Gasteiger partial charge < -0.3 is 4.98 Å². The molecule has 1 aromatic carbocycles. The van der Waals surface area contributed by atoms with Gasteiger partial charge in [-0.3, -0.25) is 0 Å². The maximum atomic E-state index is 3.62. The van der Waals surface area contributed by atoms with E-state index in [1.54, 1.807) is 0 Å². The van der Waals surface area contributed by atoms with Gasteiger partial charge in [0.25, 0.3) is 0 Å². The van der Waals surface area contributed by atoms with Gasteiger partial charge in [0.1, 0.15) is 8.24 Å². The van der Waals surface area contributed by atoms with Gasteiger partial charge in [-0.25, -0.2) is 0 Å². The summed E-state index contributed by atoms with van der Waals surface area (Å²) < 4.78 is 0. The van der Waals surface area contributed by atoms with E-state index in [1.807, 2.05) is 0 Å². The molecule has 72 valence electrons. The Morgan fingerprint density at radius 3 is 2.31 bits per heavy atom. The Morgan fingerprint density at radius 1 is 1.15 bits per heavy atom. The Labute approximate surface area is 82.3 Å². The summed E-state index contributed by atoms with van der Waals surface area (Å²) >= 11 is 0. The quantitative estimate of drug-likeness (QED) is 0.728. The average molecular weight is 193 g/mol. The van der Waals surface area contributed by atoms with E-state index in [-0.39, 0.29) is 0 Å². The molecule has 0 bridgehead atoms. The summed E-state index contributed by atoms with van der Waals surface area (Å²) in [7, 11) is -1.11. The van der Waals surface area contributed by atoms with E-state index in [0.717, 1.165) is 6.54 Å². The second kappa shape index (κ2) is 4.07. The third-order valence-electron chi connectivity index (χ3n) is 2.07. The molecule has 0 radical (unpaired) electrons. The number of hydrogen-bond acceptors (Lipinski definition) is 1. The molecule has 0 aliphatic rings. The fourth-order valence-electron chi connectivity index (χ4n) is 1.17. The Kier molecular flexibility index (Phi) is 3.28. The SMILES string of the molecule is Cc1ccccc1CN[Si](C)(C)C. The van der Waals surface area contributed by atoms with Crippen LogP contribution in [0, 0.1) is 6.92 Å². The van der Waals surface area contributed by atoms with E-state index in [0.29, 0.717) is 0 Å². The Morgan fingerprint density at radius 2 is 1.77 bits per heavy atom. The average Bonchev–Trinajstić information content (AvgIpc) is 2.01. The summed E-state index contributed by atoms with van der Waals surface area (Å²) in [5, 5.41) is 0. The van der Waals surface area contributed by atoms with Crippen molar-refractivity contribution in [2.45, 2.75) is 33.1 Å². The first-order chi connectivity index (χ1) is 5.99. The lowest BCUT2D eigenvalue weighted by atomic mass is 10.1. The Bertz CT molecular complexity index is 276. The normalized spacial score (nSPS) is 11.7. The number of rotatable bonds is 3. The zero-order valence-electron chi connectivity index (χ0n) is 9.02. The smallest absolute Gasteiger partial charge is 0.116 e. The van der Waals surface area contributed by atoms with Gasteiger partial charge in [-0.05, 0) is 18.1 Å². The lowest BCUT2D eigenvalue weighted by Crippen LogP contribution is -2.40. The monoisotopic (exact) mass is 193 g/mol. The van der Waals surface area contributed by atoms with Crippen molar-refractivity contribution in [1.29, 1.82) is 0 Å². The maximum Gasteiger partial charge on any atom is 0.116 e. The summed E-state index contributed by atoms with van der Waals surface area (Å²) in [6, 6.07) is 8.56. The van der Waals surface area contributed by atoms with Gasteiger partial charge in [-0.1, -0.05) is 43.9 Å². The van der Waals surface area contributed by atoms with Crippen molar-refractivity contribution in [3.8, 4) is 0 Å². The topological polar surface area (TPSA) is 12.0 Å². The molecule has 0 saturated heterocycles. The zero-order valence-corrected chi connectivity index (χ0v) is 10.0. The first-order valence-corrected chi connectivity index (χ1v) is 8.28. The molecule has 1 N–H and O–H groups in total. The van der Waals surface area contributed by atoms with Crippen molar-refractivity contribution in [3.63, 3.8) is 0 Å². The highest BCUT2D eigenvalue weighted by Gasteiger charge is 2.11. The summed E-state index contributed by atoms with van der Waals surface area (Å²) in [6.45, 7) is 10.2. The summed E-state index contributed by atoms with van der Waals surface area (Å²) in [5.41, 5.74) is 2.80. The van der Waals surface area contributed by atoms with Crippen molar-refractivity contribution < 1.29 is 0 Å². The molecule has 0 aliphatic heterocycles. The van der Waals surface area contributed by atoms with Crippen LogP contribution in [0.1, 0.15) is 11.1 Å². The molecule has 0 fully saturated rings. The first-order valence-electron chi connectivity index (χ1n) is 4.78. The lowest BCUT2D eigenvalue weighted by molar-refractivity contribution is 0.906. The van der Waals surface area contributed by atoms with Crippen LogP contribution in [0.5, 0.6) is 0 Å². The second-order valence-corrected chi connectivity index (χ2v) is 9.38. The van der Waals surface area contributed by atoms with Gasteiger partial charge in [0.15, 0.2) is 0 Å². The molecule has 0 unspecified atom stereocenters. The summed E-state index contributed by atoms with van der Waals surface area (Å²) in [6.07, 6.45) is 0. The molecule has 0 aromatic heterocycles. The molecule has 0 heterocycles. The van der Waals surface area contributed by atoms with Crippen LogP contribution in [0.25, 0.3) is 0 Å². The van der Waals surface area contributed by atoms with E-state index in [9.17, 15) is 0 Å². The van der Waals surface area contributed by atoms with E-state index in [4.69, 9.17) is 0 Å². The highest BCUT2D eigenvalue weighted by Crippen LogP contribution is 2.07. The Balaban J connectivity index is 2.60. The third kappa shape index (κ3) is 3.74.